The fourth-order valence-corrected chi connectivity index (χ4v) is 3.67. The topological polar surface area (TPSA) is 85.7 Å². The summed E-state index contributed by atoms with van der Waals surface area (Å²) in [6, 6.07) is 14.9. The number of anilines is 1. The van der Waals surface area contributed by atoms with Crippen LogP contribution in [0, 0.1) is 11.3 Å². The van der Waals surface area contributed by atoms with Gasteiger partial charge in [0.05, 0.1) is 17.3 Å². The van der Waals surface area contributed by atoms with Gasteiger partial charge >= 0.3 is 0 Å². The zero-order chi connectivity index (χ0) is 20.2. The number of ether oxygens (including phenoxy) is 1. The molecule has 7 nitrogen and oxygen atoms in total. The van der Waals surface area contributed by atoms with Gasteiger partial charge in [0.1, 0.15) is 5.75 Å². The molecule has 2 heterocycles. The van der Waals surface area contributed by atoms with E-state index >= 15 is 0 Å². The lowest BCUT2D eigenvalue weighted by Gasteiger charge is -2.23. The van der Waals surface area contributed by atoms with Gasteiger partial charge in [-0.05, 0) is 42.3 Å². The molecule has 0 atom stereocenters. The summed E-state index contributed by atoms with van der Waals surface area (Å²) in [5.41, 5.74) is 3.00. The first-order valence-corrected chi connectivity index (χ1v) is 9.70. The molecule has 2 aliphatic heterocycles. The molecule has 0 spiro atoms. The summed E-state index contributed by atoms with van der Waals surface area (Å²) < 4.78 is 5.43. The first-order valence-electron chi connectivity index (χ1n) is 9.70. The van der Waals surface area contributed by atoms with Gasteiger partial charge < -0.3 is 15.0 Å². The molecule has 0 unspecified atom stereocenters. The van der Waals surface area contributed by atoms with Crippen LogP contribution in [0.25, 0.3) is 0 Å². The molecule has 2 aromatic rings. The smallest absolute Gasteiger partial charge is 0.262 e. The van der Waals surface area contributed by atoms with Crippen molar-refractivity contribution in [3.63, 3.8) is 0 Å². The zero-order valence-electron chi connectivity index (χ0n) is 16.1. The van der Waals surface area contributed by atoms with Gasteiger partial charge in [-0.15, -0.1) is 0 Å². The molecule has 1 fully saturated rings. The molecule has 2 aliphatic rings. The monoisotopic (exact) mass is 390 g/mol. The molecule has 1 N–H and O–H groups in total. The quantitative estimate of drug-likeness (QED) is 0.869. The third-order valence-corrected chi connectivity index (χ3v) is 5.23. The lowest BCUT2D eigenvalue weighted by Crippen LogP contribution is -2.35. The Labute approximate surface area is 169 Å². The van der Waals surface area contributed by atoms with Gasteiger partial charge in [0, 0.05) is 38.3 Å². The number of carbonyl (C=O) groups is 2. The van der Waals surface area contributed by atoms with E-state index in [1.54, 1.807) is 18.2 Å². The van der Waals surface area contributed by atoms with E-state index in [2.05, 4.69) is 16.3 Å². The van der Waals surface area contributed by atoms with Crippen molar-refractivity contribution < 1.29 is 14.3 Å². The van der Waals surface area contributed by atoms with Gasteiger partial charge in [-0.3, -0.25) is 14.5 Å². The molecular weight excluding hydrogens is 368 g/mol. The third-order valence-electron chi connectivity index (χ3n) is 5.23. The highest BCUT2D eigenvalue weighted by Gasteiger charge is 2.23. The van der Waals surface area contributed by atoms with Crippen molar-refractivity contribution in [1.29, 1.82) is 5.26 Å². The lowest BCUT2D eigenvalue weighted by atomic mass is 10.1. The predicted molar refractivity (Wildman–Crippen MR) is 108 cm³/mol. The molecule has 148 valence electrons. The van der Waals surface area contributed by atoms with E-state index in [0.29, 0.717) is 35.7 Å². The van der Waals surface area contributed by atoms with E-state index in [4.69, 9.17) is 10.00 Å². The number of nitrogens with one attached hydrogen (secondary N) is 1. The number of carbonyl (C=O) groups excluding carboxylic acids is 2. The highest BCUT2D eigenvalue weighted by Crippen LogP contribution is 2.29. The van der Waals surface area contributed by atoms with Gasteiger partial charge in [0.25, 0.3) is 11.8 Å². The van der Waals surface area contributed by atoms with Crippen molar-refractivity contribution >= 4 is 17.5 Å². The number of hydrogen-bond donors (Lipinski definition) is 1. The Morgan fingerprint density at radius 3 is 2.72 bits per heavy atom. The number of fused-ring (bicyclic) bond motifs is 1. The molecule has 0 aliphatic carbocycles. The summed E-state index contributed by atoms with van der Waals surface area (Å²) in [7, 11) is 0. The Balaban J connectivity index is 1.38. The normalized spacial score (nSPS) is 16.8. The Hall–Kier alpha value is -3.37. The number of amides is 2. The molecule has 0 bridgehead atoms. The van der Waals surface area contributed by atoms with E-state index in [-0.39, 0.29) is 18.4 Å². The second-order valence-electron chi connectivity index (χ2n) is 7.28. The Morgan fingerprint density at radius 1 is 1.10 bits per heavy atom. The van der Waals surface area contributed by atoms with Crippen LogP contribution in [0.1, 0.15) is 27.9 Å². The molecule has 2 aromatic carbocycles. The van der Waals surface area contributed by atoms with Crippen LogP contribution < -0.4 is 10.1 Å². The van der Waals surface area contributed by atoms with Crippen molar-refractivity contribution in [3.8, 4) is 11.8 Å². The van der Waals surface area contributed by atoms with E-state index in [9.17, 15) is 9.59 Å². The van der Waals surface area contributed by atoms with Crippen LogP contribution in [0.15, 0.2) is 42.5 Å². The molecular formula is C22H22N4O3. The summed E-state index contributed by atoms with van der Waals surface area (Å²) in [4.78, 5) is 28.6. The minimum absolute atomic E-state index is 0.0199. The maximum absolute atomic E-state index is 13.0. The van der Waals surface area contributed by atoms with Crippen molar-refractivity contribution in [2.75, 3.05) is 38.1 Å². The summed E-state index contributed by atoms with van der Waals surface area (Å²) >= 11 is 0. The van der Waals surface area contributed by atoms with Gasteiger partial charge in [-0.25, -0.2) is 0 Å². The third kappa shape index (κ3) is 4.39. The molecule has 0 radical (unpaired) electrons. The number of hydrogen-bond acceptors (Lipinski definition) is 5. The van der Waals surface area contributed by atoms with Crippen molar-refractivity contribution in [3.05, 3.63) is 59.2 Å². The molecule has 2 amide bonds. The second kappa shape index (κ2) is 8.33. The number of nitriles is 1. The fourth-order valence-electron chi connectivity index (χ4n) is 3.67. The van der Waals surface area contributed by atoms with Crippen molar-refractivity contribution in [1.82, 2.24) is 9.80 Å². The molecule has 4 rings (SSSR count). The van der Waals surface area contributed by atoms with Crippen LogP contribution in [0.4, 0.5) is 5.69 Å². The van der Waals surface area contributed by atoms with Crippen LogP contribution in [-0.4, -0.2) is 54.4 Å². The Morgan fingerprint density at radius 2 is 1.93 bits per heavy atom. The van der Waals surface area contributed by atoms with E-state index in [1.807, 2.05) is 29.2 Å². The van der Waals surface area contributed by atoms with Gasteiger partial charge in [0.2, 0.25) is 0 Å². The zero-order valence-corrected chi connectivity index (χ0v) is 16.1. The first kappa shape index (κ1) is 19.0. The standard InChI is InChI=1S/C22H22N4O3/c23-13-16-2-4-17(5-3-16)14-25-8-1-9-26(11-10-25)22(28)18-6-7-19-20(12-18)29-15-21(27)24-19/h2-7,12H,1,8-11,14-15H2,(H,24,27). The largest absolute Gasteiger partial charge is 0.482 e. The summed E-state index contributed by atoms with van der Waals surface area (Å²) in [5.74, 6) is 0.327. The molecule has 0 aromatic heterocycles. The SMILES string of the molecule is N#Cc1ccc(CN2CCCN(C(=O)c3ccc4c(c3)OCC(=O)N4)CC2)cc1. The minimum Gasteiger partial charge on any atom is -0.482 e. The summed E-state index contributed by atoms with van der Waals surface area (Å²) in [5, 5.41) is 11.7. The molecule has 0 saturated carbocycles. The second-order valence-corrected chi connectivity index (χ2v) is 7.28. The highest BCUT2D eigenvalue weighted by molar-refractivity contribution is 5.99. The maximum Gasteiger partial charge on any atom is 0.262 e. The average molecular weight is 390 g/mol. The van der Waals surface area contributed by atoms with Crippen molar-refractivity contribution in [2.45, 2.75) is 13.0 Å². The molecule has 7 heteroatoms. The van der Waals surface area contributed by atoms with Crippen LogP contribution in [0.2, 0.25) is 0 Å². The van der Waals surface area contributed by atoms with Crippen LogP contribution in [-0.2, 0) is 11.3 Å². The first-order chi connectivity index (χ1) is 14.1. The lowest BCUT2D eigenvalue weighted by molar-refractivity contribution is -0.118. The van der Waals surface area contributed by atoms with Crippen LogP contribution in [0.3, 0.4) is 0 Å². The Kier molecular flexibility index (Phi) is 5.45. The highest BCUT2D eigenvalue weighted by atomic mass is 16.5. The number of nitrogens with zero attached hydrogens (tertiary/aromatic N) is 3. The number of benzene rings is 2. The van der Waals surface area contributed by atoms with Crippen LogP contribution in [0.5, 0.6) is 5.75 Å². The van der Waals surface area contributed by atoms with Crippen molar-refractivity contribution in [2.24, 2.45) is 0 Å². The summed E-state index contributed by atoms with van der Waals surface area (Å²) in [6.07, 6.45) is 0.902. The fraction of sp³-hybridized carbons (Fsp3) is 0.318. The van der Waals surface area contributed by atoms with Crippen LogP contribution >= 0.6 is 0 Å². The predicted octanol–water partition coefficient (Wildman–Crippen LogP) is 2.24. The van der Waals surface area contributed by atoms with E-state index in [1.165, 1.54) is 0 Å². The Bertz CT molecular complexity index is 965. The van der Waals surface area contributed by atoms with Gasteiger partial charge in [-0.1, -0.05) is 12.1 Å². The molecule has 1 saturated heterocycles. The van der Waals surface area contributed by atoms with E-state index < -0.39 is 0 Å². The summed E-state index contributed by atoms with van der Waals surface area (Å²) in [6.45, 7) is 3.85. The maximum atomic E-state index is 13.0. The van der Waals surface area contributed by atoms with Gasteiger partial charge in [-0.2, -0.15) is 5.26 Å². The van der Waals surface area contributed by atoms with Gasteiger partial charge in [0.15, 0.2) is 6.61 Å². The number of rotatable bonds is 3. The minimum atomic E-state index is -0.188. The average Bonchev–Trinajstić information content (AvgIpc) is 2.99. The van der Waals surface area contributed by atoms with E-state index in [0.717, 1.165) is 31.6 Å². The molecule has 29 heavy (non-hydrogen) atoms.